The molecular weight excluding hydrogens is 378 g/mol. The van der Waals surface area contributed by atoms with E-state index in [1.807, 2.05) is 6.92 Å². The Morgan fingerprint density at radius 2 is 2.33 bits per heavy atom. The first-order chi connectivity index (χ1) is 8.46. The van der Waals surface area contributed by atoms with E-state index in [0.29, 0.717) is 21.1 Å². The number of alkyl halides is 1. The van der Waals surface area contributed by atoms with E-state index < -0.39 is 10.0 Å². The van der Waals surface area contributed by atoms with Gasteiger partial charge in [-0.2, -0.15) is 16.1 Å². The van der Waals surface area contributed by atoms with Gasteiger partial charge in [-0.15, -0.1) is 22.9 Å². The SMILES string of the molecule is CC1CSCCN1S(=O)(=O)c1cc(CCl)sc1Br. The largest absolute Gasteiger partial charge is 0.245 e. The van der Waals surface area contributed by atoms with E-state index in [9.17, 15) is 8.42 Å². The summed E-state index contributed by atoms with van der Waals surface area (Å²) < 4.78 is 27.4. The maximum atomic E-state index is 12.6. The first-order valence-corrected chi connectivity index (χ1v) is 10.1. The predicted octanol–water partition coefficient (Wildman–Crippen LogP) is 3.38. The summed E-state index contributed by atoms with van der Waals surface area (Å²) in [6, 6.07) is 1.71. The van der Waals surface area contributed by atoms with Gasteiger partial charge in [0.05, 0.1) is 9.67 Å². The second-order valence-electron chi connectivity index (χ2n) is 4.02. The standard InChI is InChI=1S/C10H13BrClNO2S3/c1-7-6-16-3-2-13(7)18(14,15)9-4-8(5-12)17-10(9)11/h4,7H,2-3,5-6H2,1H3. The minimum absolute atomic E-state index is 0.0417. The fourth-order valence-corrected chi connectivity index (χ4v) is 7.41. The molecule has 1 aliphatic rings. The van der Waals surface area contributed by atoms with Crippen molar-refractivity contribution >= 4 is 60.7 Å². The lowest BCUT2D eigenvalue weighted by Gasteiger charge is -2.31. The highest BCUT2D eigenvalue weighted by Gasteiger charge is 2.33. The summed E-state index contributed by atoms with van der Waals surface area (Å²) in [5, 5.41) is 0. The van der Waals surface area contributed by atoms with Crippen LogP contribution in [0.25, 0.3) is 0 Å². The number of rotatable bonds is 3. The third-order valence-corrected chi connectivity index (χ3v) is 8.63. The highest BCUT2D eigenvalue weighted by atomic mass is 79.9. The van der Waals surface area contributed by atoms with Crippen molar-refractivity contribution in [3.05, 3.63) is 14.7 Å². The van der Waals surface area contributed by atoms with Crippen LogP contribution in [-0.2, 0) is 15.9 Å². The average molecular weight is 391 g/mol. The van der Waals surface area contributed by atoms with Crippen LogP contribution in [0.4, 0.5) is 0 Å². The number of nitrogens with zero attached hydrogens (tertiary/aromatic N) is 1. The molecule has 2 heterocycles. The van der Waals surface area contributed by atoms with E-state index in [1.165, 1.54) is 11.3 Å². The van der Waals surface area contributed by atoms with Gasteiger partial charge in [-0.25, -0.2) is 8.42 Å². The molecule has 1 aromatic heterocycles. The van der Waals surface area contributed by atoms with Crippen LogP contribution in [0.15, 0.2) is 14.7 Å². The van der Waals surface area contributed by atoms with Crippen LogP contribution in [0, 0.1) is 0 Å². The molecule has 8 heteroatoms. The first-order valence-electron chi connectivity index (χ1n) is 5.40. The maximum Gasteiger partial charge on any atom is 0.245 e. The lowest BCUT2D eigenvalue weighted by molar-refractivity contribution is 0.367. The van der Waals surface area contributed by atoms with Gasteiger partial charge in [-0.3, -0.25) is 0 Å². The first kappa shape index (κ1) is 15.1. The molecule has 0 N–H and O–H groups in total. The zero-order valence-electron chi connectivity index (χ0n) is 9.73. The van der Waals surface area contributed by atoms with E-state index in [0.717, 1.165) is 16.4 Å². The number of hydrogen-bond donors (Lipinski definition) is 0. The number of halogens is 2. The number of thiophene rings is 1. The topological polar surface area (TPSA) is 37.4 Å². The fraction of sp³-hybridized carbons (Fsp3) is 0.600. The molecule has 1 aromatic rings. The summed E-state index contributed by atoms with van der Waals surface area (Å²) in [6.45, 7) is 2.53. The Bertz CT molecular complexity index is 531. The minimum Gasteiger partial charge on any atom is -0.207 e. The molecule has 0 amide bonds. The molecule has 0 saturated carbocycles. The monoisotopic (exact) mass is 389 g/mol. The molecule has 102 valence electrons. The van der Waals surface area contributed by atoms with E-state index in [4.69, 9.17) is 11.6 Å². The maximum absolute atomic E-state index is 12.6. The normalized spacial score (nSPS) is 22.3. The summed E-state index contributed by atoms with van der Waals surface area (Å²) in [7, 11) is -3.41. The summed E-state index contributed by atoms with van der Waals surface area (Å²) in [5.74, 6) is 2.04. The smallest absolute Gasteiger partial charge is 0.207 e. The molecule has 2 rings (SSSR count). The lowest BCUT2D eigenvalue weighted by Crippen LogP contribution is -2.44. The Kier molecular flexibility index (Phi) is 5.05. The molecule has 1 fully saturated rings. The van der Waals surface area contributed by atoms with Gasteiger partial charge in [0.25, 0.3) is 0 Å². The van der Waals surface area contributed by atoms with E-state index in [2.05, 4.69) is 15.9 Å². The van der Waals surface area contributed by atoms with Crippen molar-refractivity contribution in [3.63, 3.8) is 0 Å². The molecule has 1 atom stereocenters. The van der Waals surface area contributed by atoms with Gasteiger partial charge >= 0.3 is 0 Å². The summed E-state index contributed by atoms with van der Waals surface area (Å²) in [4.78, 5) is 1.21. The molecule has 1 unspecified atom stereocenters. The van der Waals surface area contributed by atoms with Gasteiger partial charge < -0.3 is 0 Å². The Balaban J connectivity index is 2.37. The molecule has 0 radical (unpaired) electrons. The molecule has 0 aromatic carbocycles. The molecule has 3 nitrogen and oxygen atoms in total. The second kappa shape index (κ2) is 6.01. The summed E-state index contributed by atoms with van der Waals surface area (Å²) >= 11 is 12.3. The zero-order chi connectivity index (χ0) is 13.3. The van der Waals surface area contributed by atoms with Gasteiger partial charge in [0.1, 0.15) is 4.90 Å². The van der Waals surface area contributed by atoms with Crippen LogP contribution < -0.4 is 0 Å². The van der Waals surface area contributed by atoms with Crippen molar-refractivity contribution in [3.8, 4) is 0 Å². The van der Waals surface area contributed by atoms with Crippen LogP contribution in [0.2, 0.25) is 0 Å². The molecular formula is C10H13BrClNO2S3. The van der Waals surface area contributed by atoms with Gasteiger partial charge in [0, 0.05) is 29.0 Å². The highest BCUT2D eigenvalue weighted by Crippen LogP contribution is 2.35. The quantitative estimate of drug-likeness (QED) is 0.743. The van der Waals surface area contributed by atoms with Crippen LogP contribution in [0.1, 0.15) is 11.8 Å². The van der Waals surface area contributed by atoms with E-state index in [-0.39, 0.29) is 6.04 Å². The van der Waals surface area contributed by atoms with Gasteiger partial charge in [-0.1, -0.05) is 0 Å². The zero-order valence-corrected chi connectivity index (χ0v) is 14.5. The fourth-order valence-electron chi connectivity index (χ4n) is 1.83. The molecule has 1 saturated heterocycles. The van der Waals surface area contributed by atoms with Crippen LogP contribution in [0.5, 0.6) is 0 Å². The Morgan fingerprint density at radius 3 is 2.89 bits per heavy atom. The average Bonchev–Trinajstić information content (AvgIpc) is 2.71. The molecule has 0 aliphatic carbocycles. The number of hydrogen-bond acceptors (Lipinski definition) is 4. The third-order valence-electron chi connectivity index (χ3n) is 2.73. The van der Waals surface area contributed by atoms with E-state index >= 15 is 0 Å². The van der Waals surface area contributed by atoms with Crippen molar-refractivity contribution < 1.29 is 8.42 Å². The summed E-state index contributed by atoms with van der Waals surface area (Å²) in [6.07, 6.45) is 0. The Morgan fingerprint density at radius 1 is 1.61 bits per heavy atom. The van der Waals surface area contributed by atoms with Crippen molar-refractivity contribution in [1.29, 1.82) is 0 Å². The van der Waals surface area contributed by atoms with Gasteiger partial charge in [0.2, 0.25) is 10.0 Å². The van der Waals surface area contributed by atoms with Crippen molar-refractivity contribution in [1.82, 2.24) is 4.31 Å². The minimum atomic E-state index is -3.41. The van der Waals surface area contributed by atoms with Crippen LogP contribution in [-0.4, -0.2) is 36.8 Å². The molecule has 0 spiro atoms. The molecule has 0 bridgehead atoms. The van der Waals surface area contributed by atoms with Gasteiger partial charge in [0.15, 0.2) is 0 Å². The van der Waals surface area contributed by atoms with Crippen LogP contribution in [0.3, 0.4) is 0 Å². The molecule has 1 aliphatic heterocycles. The van der Waals surface area contributed by atoms with Crippen molar-refractivity contribution in [2.24, 2.45) is 0 Å². The number of sulfonamides is 1. The van der Waals surface area contributed by atoms with Gasteiger partial charge in [-0.05, 0) is 28.9 Å². The Hall–Kier alpha value is 0.730. The van der Waals surface area contributed by atoms with E-state index in [1.54, 1.807) is 22.1 Å². The Labute approximate surface area is 129 Å². The summed E-state index contributed by atoms with van der Waals surface area (Å²) in [5.41, 5.74) is 0. The second-order valence-corrected chi connectivity index (χ2v) is 9.75. The third kappa shape index (κ3) is 2.91. The lowest BCUT2D eigenvalue weighted by atomic mass is 10.4. The highest BCUT2D eigenvalue weighted by molar-refractivity contribution is 9.11. The predicted molar refractivity (Wildman–Crippen MR) is 82.3 cm³/mol. The van der Waals surface area contributed by atoms with Crippen LogP contribution >= 0.6 is 50.6 Å². The number of thioether (sulfide) groups is 1. The van der Waals surface area contributed by atoms with Crippen molar-refractivity contribution in [2.45, 2.75) is 23.7 Å². The van der Waals surface area contributed by atoms with Crippen molar-refractivity contribution in [2.75, 3.05) is 18.1 Å². The molecule has 18 heavy (non-hydrogen) atoms.